The lowest BCUT2D eigenvalue weighted by Gasteiger charge is -2.18. The minimum atomic E-state index is -1.54. The van der Waals surface area contributed by atoms with Gasteiger partial charge in [-0.05, 0) is 23.8 Å². The summed E-state index contributed by atoms with van der Waals surface area (Å²) >= 11 is 5.72. The van der Waals surface area contributed by atoms with E-state index in [1.165, 1.54) is 18.3 Å². The van der Waals surface area contributed by atoms with Crippen LogP contribution in [0.3, 0.4) is 0 Å². The Kier molecular flexibility index (Phi) is 4.04. The molecule has 7 heteroatoms. The molecule has 3 nitrogen and oxygen atoms in total. The molecule has 0 spiro atoms. The molecule has 2 aromatic rings. The first kappa shape index (κ1) is 13.8. The van der Waals surface area contributed by atoms with Crippen LogP contribution in [0.2, 0.25) is 5.15 Å². The average Bonchev–Trinajstić information content (AvgIpc) is 2.40. The number of nitrogens with two attached hydrogens (primary N) is 1. The summed E-state index contributed by atoms with van der Waals surface area (Å²) in [5.41, 5.74) is 2.69. The highest BCUT2D eigenvalue weighted by Gasteiger charge is 2.21. The number of nitrogens with zero attached hydrogens (tertiary/aromatic N) is 1. The van der Waals surface area contributed by atoms with Gasteiger partial charge in [-0.15, -0.1) is 0 Å². The smallest absolute Gasteiger partial charge is 0.194 e. The van der Waals surface area contributed by atoms with Crippen LogP contribution in [0.1, 0.15) is 17.2 Å². The molecule has 19 heavy (non-hydrogen) atoms. The summed E-state index contributed by atoms with van der Waals surface area (Å²) in [6.07, 6.45) is 1.40. The third-order valence-electron chi connectivity index (χ3n) is 2.63. The number of hydrogen-bond acceptors (Lipinski definition) is 3. The molecule has 3 N–H and O–H groups in total. The summed E-state index contributed by atoms with van der Waals surface area (Å²) in [5, 5.41) is 0.181. The van der Waals surface area contributed by atoms with E-state index in [1.54, 1.807) is 0 Å². The second-order valence-electron chi connectivity index (χ2n) is 3.78. The van der Waals surface area contributed by atoms with Crippen molar-refractivity contribution in [2.24, 2.45) is 5.84 Å². The van der Waals surface area contributed by atoms with Crippen LogP contribution in [0.4, 0.5) is 13.2 Å². The maximum absolute atomic E-state index is 13.7. The van der Waals surface area contributed by atoms with Gasteiger partial charge in [0.2, 0.25) is 0 Å². The van der Waals surface area contributed by atoms with Crippen LogP contribution in [-0.2, 0) is 0 Å². The van der Waals surface area contributed by atoms with Crippen LogP contribution in [0.15, 0.2) is 30.5 Å². The van der Waals surface area contributed by atoms with Crippen molar-refractivity contribution >= 4 is 11.6 Å². The number of aromatic nitrogens is 1. The fourth-order valence-electron chi connectivity index (χ4n) is 1.73. The summed E-state index contributed by atoms with van der Waals surface area (Å²) in [5.74, 6) is 1.25. The topological polar surface area (TPSA) is 50.9 Å². The van der Waals surface area contributed by atoms with Crippen molar-refractivity contribution in [3.8, 4) is 0 Å². The number of pyridine rings is 1. The fourth-order valence-corrected chi connectivity index (χ4v) is 1.91. The van der Waals surface area contributed by atoms with E-state index in [2.05, 4.69) is 10.4 Å². The number of hydrazine groups is 1. The van der Waals surface area contributed by atoms with Crippen LogP contribution in [-0.4, -0.2) is 4.98 Å². The largest absolute Gasteiger partial charge is 0.271 e. The SMILES string of the molecule is NNC(c1ccnc(Cl)c1)c1ccc(F)c(F)c1F. The third-order valence-corrected chi connectivity index (χ3v) is 2.83. The first-order valence-corrected chi connectivity index (χ1v) is 5.63. The van der Waals surface area contributed by atoms with Crippen molar-refractivity contribution in [1.82, 2.24) is 10.4 Å². The molecule has 1 aromatic carbocycles. The molecule has 2 rings (SSSR count). The minimum absolute atomic E-state index is 0.122. The molecule has 0 aliphatic rings. The molecule has 0 amide bonds. The van der Waals surface area contributed by atoms with E-state index in [1.807, 2.05) is 0 Å². The molecular weight excluding hydrogens is 279 g/mol. The van der Waals surface area contributed by atoms with Gasteiger partial charge in [-0.1, -0.05) is 17.7 Å². The standard InChI is InChI=1S/C12H9ClF3N3/c13-9-5-6(3-4-18-9)12(19-17)7-1-2-8(14)11(16)10(7)15/h1-5,12,19H,17H2. The van der Waals surface area contributed by atoms with Crippen LogP contribution in [0.5, 0.6) is 0 Å². The number of halogens is 4. The first-order valence-electron chi connectivity index (χ1n) is 5.25. The lowest BCUT2D eigenvalue weighted by Crippen LogP contribution is -2.30. The Morgan fingerprint density at radius 3 is 2.53 bits per heavy atom. The highest BCUT2D eigenvalue weighted by atomic mass is 35.5. The molecule has 0 saturated heterocycles. The molecule has 1 aromatic heterocycles. The van der Waals surface area contributed by atoms with Crippen LogP contribution in [0.25, 0.3) is 0 Å². The quantitative estimate of drug-likeness (QED) is 0.395. The van der Waals surface area contributed by atoms with E-state index in [4.69, 9.17) is 17.4 Å². The summed E-state index contributed by atoms with van der Waals surface area (Å²) in [4.78, 5) is 3.77. The monoisotopic (exact) mass is 287 g/mol. The molecule has 1 heterocycles. The van der Waals surface area contributed by atoms with Crippen molar-refractivity contribution in [2.75, 3.05) is 0 Å². The first-order chi connectivity index (χ1) is 9.04. The van der Waals surface area contributed by atoms with Gasteiger partial charge in [0, 0.05) is 11.8 Å². The second-order valence-corrected chi connectivity index (χ2v) is 4.16. The highest BCUT2D eigenvalue weighted by Crippen LogP contribution is 2.27. The Balaban J connectivity index is 2.51. The second kappa shape index (κ2) is 5.56. The lowest BCUT2D eigenvalue weighted by molar-refractivity contribution is 0.433. The zero-order valence-electron chi connectivity index (χ0n) is 9.50. The van der Waals surface area contributed by atoms with E-state index in [9.17, 15) is 13.2 Å². The van der Waals surface area contributed by atoms with E-state index >= 15 is 0 Å². The molecule has 1 unspecified atom stereocenters. The van der Waals surface area contributed by atoms with Gasteiger partial charge in [0.1, 0.15) is 5.15 Å². The molecule has 0 aliphatic heterocycles. The molecule has 0 aliphatic carbocycles. The van der Waals surface area contributed by atoms with Crippen molar-refractivity contribution < 1.29 is 13.2 Å². The van der Waals surface area contributed by atoms with Crippen LogP contribution in [0, 0.1) is 17.5 Å². The van der Waals surface area contributed by atoms with E-state index in [0.29, 0.717) is 5.56 Å². The van der Waals surface area contributed by atoms with E-state index < -0.39 is 23.5 Å². The van der Waals surface area contributed by atoms with Gasteiger partial charge in [-0.2, -0.15) is 0 Å². The summed E-state index contributed by atoms with van der Waals surface area (Å²) in [6.45, 7) is 0. The van der Waals surface area contributed by atoms with Crippen molar-refractivity contribution in [1.29, 1.82) is 0 Å². The zero-order valence-corrected chi connectivity index (χ0v) is 10.3. The Labute approximate surface area is 112 Å². The maximum atomic E-state index is 13.7. The van der Waals surface area contributed by atoms with Gasteiger partial charge < -0.3 is 0 Å². The molecular formula is C12H9ClF3N3. The third kappa shape index (κ3) is 2.70. The molecule has 0 bridgehead atoms. The van der Waals surface area contributed by atoms with Gasteiger partial charge in [0.05, 0.1) is 6.04 Å². The summed E-state index contributed by atoms with van der Waals surface area (Å²) in [6, 6.07) is 4.08. The normalized spacial score (nSPS) is 12.5. The van der Waals surface area contributed by atoms with Crippen molar-refractivity contribution in [3.63, 3.8) is 0 Å². The molecule has 100 valence electrons. The van der Waals surface area contributed by atoms with Gasteiger partial charge in [-0.25, -0.2) is 23.6 Å². The Hall–Kier alpha value is -1.63. The predicted octanol–water partition coefficient (Wildman–Crippen LogP) is 2.71. The van der Waals surface area contributed by atoms with Crippen molar-refractivity contribution in [3.05, 3.63) is 64.2 Å². The van der Waals surface area contributed by atoms with Gasteiger partial charge >= 0.3 is 0 Å². The van der Waals surface area contributed by atoms with Crippen LogP contribution >= 0.6 is 11.6 Å². The van der Waals surface area contributed by atoms with Gasteiger partial charge in [0.15, 0.2) is 17.5 Å². The Morgan fingerprint density at radius 2 is 1.89 bits per heavy atom. The lowest BCUT2D eigenvalue weighted by atomic mass is 9.99. The maximum Gasteiger partial charge on any atom is 0.194 e. The number of nitrogens with one attached hydrogen (secondary N) is 1. The Morgan fingerprint density at radius 1 is 1.16 bits per heavy atom. The van der Waals surface area contributed by atoms with Crippen LogP contribution < -0.4 is 11.3 Å². The van der Waals surface area contributed by atoms with Crippen molar-refractivity contribution in [2.45, 2.75) is 6.04 Å². The molecule has 0 saturated carbocycles. The minimum Gasteiger partial charge on any atom is -0.271 e. The Bertz CT molecular complexity index is 607. The molecule has 0 radical (unpaired) electrons. The summed E-state index contributed by atoms with van der Waals surface area (Å²) < 4.78 is 39.8. The molecule has 0 fully saturated rings. The highest BCUT2D eigenvalue weighted by molar-refractivity contribution is 6.29. The van der Waals surface area contributed by atoms with Gasteiger partial charge in [0.25, 0.3) is 0 Å². The van der Waals surface area contributed by atoms with E-state index in [0.717, 1.165) is 12.1 Å². The number of rotatable bonds is 3. The predicted molar refractivity (Wildman–Crippen MR) is 64.7 cm³/mol. The number of hydrogen-bond donors (Lipinski definition) is 2. The summed E-state index contributed by atoms with van der Waals surface area (Å²) in [7, 11) is 0. The molecule has 1 atom stereocenters. The zero-order chi connectivity index (χ0) is 14.0. The fraction of sp³-hybridized carbons (Fsp3) is 0.0833. The van der Waals surface area contributed by atoms with Gasteiger partial charge in [-0.3, -0.25) is 5.84 Å². The average molecular weight is 288 g/mol. The number of benzene rings is 1. The van der Waals surface area contributed by atoms with E-state index in [-0.39, 0.29) is 10.7 Å².